The minimum atomic E-state index is -0.274. The Morgan fingerprint density at radius 2 is 0.721 bits per heavy atom. The zero-order valence-electron chi connectivity index (χ0n) is 23.6. The largest absolute Gasteiger partial charge is 0.289 e. The highest BCUT2D eigenvalue weighted by Crippen LogP contribution is 2.58. The Bertz CT molecular complexity index is 2110. The molecule has 0 aromatic heterocycles. The van der Waals surface area contributed by atoms with Gasteiger partial charge in [0.1, 0.15) is 0 Å². The lowest BCUT2D eigenvalue weighted by Crippen LogP contribution is -2.29. The van der Waals surface area contributed by atoms with Crippen LogP contribution in [0.15, 0.2) is 163 Å². The van der Waals surface area contributed by atoms with Gasteiger partial charge in [-0.2, -0.15) is 0 Å². The molecule has 1 spiro atoms. The Morgan fingerprint density at radius 1 is 0.349 bits per heavy atom. The van der Waals surface area contributed by atoms with Gasteiger partial charge in [0.25, 0.3) is 0 Å². The number of hydrogen-bond acceptors (Lipinski definition) is 1. The quantitative estimate of drug-likeness (QED) is 0.184. The van der Waals surface area contributed by atoms with Crippen LogP contribution in [0.2, 0.25) is 0 Å². The summed E-state index contributed by atoms with van der Waals surface area (Å²) < 4.78 is 0. The van der Waals surface area contributed by atoms with E-state index in [4.69, 9.17) is 0 Å². The first-order chi connectivity index (χ1) is 21.3. The summed E-state index contributed by atoms with van der Waals surface area (Å²) in [6.45, 7) is 0. The fourth-order valence-corrected chi connectivity index (χ4v) is 7.13. The van der Waals surface area contributed by atoms with E-state index < -0.39 is 0 Å². The molecular weight excluding hydrogens is 520 g/mol. The first kappa shape index (κ1) is 25.2. The van der Waals surface area contributed by atoms with Crippen molar-refractivity contribution in [1.29, 1.82) is 0 Å². The summed E-state index contributed by atoms with van der Waals surface area (Å²) in [6, 6.07) is 54.9. The molecule has 2 aliphatic carbocycles. The fraction of sp³-hybridized carbons (Fsp3) is 0.0238. The van der Waals surface area contributed by atoms with E-state index in [1.807, 2.05) is 60.7 Å². The van der Waals surface area contributed by atoms with Gasteiger partial charge in [0.15, 0.2) is 5.43 Å². The van der Waals surface area contributed by atoms with E-state index >= 15 is 0 Å². The van der Waals surface area contributed by atoms with E-state index in [2.05, 4.69) is 109 Å². The van der Waals surface area contributed by atoms with E-state index in [0.717, 1.165) is 21.5 Å². The highest BCUT2D eigenvalue weighted by molar-refractivity contribution is 5.93. The van der Waals surface area contributed by atoms with Crippen LogP contribution in [-0.4, -0.2) is 0 Å². The van der Waals surface area contributed by atoms with Crippen LogP contribution in [-0.2, 0) is 5.41 Å². The van der Waals surface area contributed by atoms with Crippen molar-refractivity contribution in [3.63, 3.8) is 0 Å². The molecule has 202 valence electrons. The topological polar surface area (TPSA) is 17.1 Å². The van der Waals surface area contributed by atoms with Crippen molar-refractivity contribution in [1.82, 2.24) is 0 Å². The van der Waals surface area contributed by atoms with E-state index in [1.54, 1.807) is 0 Å². The molecule has 0 N–H and O–H groups in total. The summed E-state index contributed by atoms with van der Waals surface area (Å²) in [7, 11) is 0. The number of hydrogen-bond donors (Lipinski definition) is 0. The van der Waals surface area contributed by atoms with Crippen LogP contribution < -0.4 is 5.43 Å². The van der Waals surface area contributed by atoms with Crippen molar-refractivity contribution in [3.05, 3.63) is 201 Å². The first-order valence-corrected chi connectivity index (χ1v) is 14.7. The molecule has 0 saturated heterocycles. The average molecular weight is 549 g/mol. The maximum absolute atomic E-state index is 12.3. The van der Waals surface area contributed by atoms with Crippen LogP contribution in [0.4, 0.5) is 0 Å². The van der Waals surface area contributed by atoms with Gasteiger partial charge in [0.05, 0.1) is 5.41 Å². The van der Waals surface area contributed by atoms with Gasteiger partial charge in [0, 0.05) is 10.8 Å². The van der Waals surface area contributed by atoms with Gasteiger partial charge in [0.2, 0.25) is 0 Å². The molecule has 0 atom stereocenters. The standard InChI is InChI=1S/C27H18.C15H10O/c1-5-13-23-19(9-1)17-18-20-10-2-6-14-24(20)27(23)25-15-7-3-11-21(25)22-12-4-8-16-26(22)27;16-15-13-7-3-1-5-11(13)9-10-12-6-2-4-8-14(12)15/h1-18H;1-10H. The maximum Gasteiger partial charge on any atom is 0.194 e. The van der Waals surface area contributed by atoms with Crippen molar-refractivity contribution in [2.24, 2.45) is 0 Å². The second-order valence-corrected chi connectivity index (χ2v) is 11.2. The molecule has 0 heterocycles. The zero-order chi connectivity index (χ0) is 28.8. The normalized spacial score (nSPS) is 13.3. The molecule has 0 saturated carbocycles. The third-order valence-electron chi connectivity index (χ3n) is 8.98. The summed E-state index contributed by atoms with van der Waals surface area (Å²) in [4.78, 5) is 12.3. The SMILES string of the molecule is C1=Cc2ccccc2C2(c3ccccc31)c1ccccc1-c1ccccc12.O=c1c2ccccc2ccc2ccccc12. The van der Waals surface area contributed by atoms with Gasteiger partial charge < -0.3 is 0 Å². The van der Waals surface area contributed by atoms with Crippen LogP contribution in [0.25, 0.3) is 44.8 Å². The Hall–Kier alpha value is -5.53. The van der Waals surface area contributed by atoms with Crippen molar-refractivity contribution in [2.75, 3.05) is 0 Å². The highest BCUT2D eigenvalue weighted by atomic mass is 16.1. The average Bonchev–Trinajstić information content (AvgIpc) is 3.17. The van der Waals surface area contributed by atoms with Crippen molar-refractivity contribution < 1.29 is 0 Å². The Balaban J connectivity index is 0.000000148. The summed E-state index contributed by atoms with van der Waals surface area (Å²) >= 11 is 0. The fourth-order valence-electron chi connectivity index (χ4n) is 7.13. The van der Waals surface area contributed by atoms with E-state index in [9.17, 15) is 4.79 Å². The second kappa shape index (κ2) is 10.1. The predicted molar refractivity (Wildman–Crippen MR) is 180 cm³/mol. The van der Waals surface area contributed by atoms with Gasteiger partial charge in [-0.05, 0) is 55.3 Å². The summed E-state index contributed by atoms with van der Waals surface area (Å²) in [5, 5.41) is 3.54. The summed E-state index contributed by atoms with van der Waals surface area (Å²) in [5.74, 6) is 0. The van der Waals surface area contributed by atoms with Crippen molar-refractivity contribution in [3.8, 4) is 11.1 Å². The van der Waals surface area contributed by atoms with Crippen molar-refractivity contribution >= 4 is 33.7 Å². The lowest BCUT2D eigenvalue weighted by Gasteiger charge is -2.35. The van der Waals surface area contributed by atoms with Crippen LogP contribution in [0.1, 0.15) is 33.4 Å². The van der Waals surface area contributed by atoms with E-state index in [1.165, 1.54) is 44.5 Å². The number of benzene rings is 6. The first-order valence-electron chi connectivity index (χ1n) is 14.7. The lowest BCUT2D eigenvalue weighted by molar-refractivity contribution is 0.766. The molecule has 0 aliphatic heterocycles. The molecule has 9 rings (SSSR count). The Labute approximate surface area is 251 Å². The molecule has 1 nitrogen and oxygen atoms in total. The highest BCUT2D eigenvalue weighted by Gasteiger charge is 2.47. The molecule has 2 aliphatic rings. The number of fused-ring (bicyclic) bond motifs is 11. The van der Waals surface area contributed by atoms with Gasteiger partial charge in [-0.3, -0.25) is 4.79 Å². The molecule has 1 heteroatoms. The third-order valence-corrected chi connectivity index (χ3v) is 8.98. The van der Waals surface area contributed by atoms with Gasteiger partial charge in [-0.15, -0.1) is 0 Å². The number of rotatable bonds is 0. The van der Waals surface area contributed by atoms with Crippen LogP contribution >= 0.6 is 0 Å². The molecule has 0 radical (unpaired) electrons. The molecule has 0 bridgehead atoms. The van der Waals surface area contributed by atoms with Crippen molar-refractivity contribution in [2.45, 2.75) is 5.41 Å². The predicted octanol–water partition coefficient (Wildman–Crippen LogP) is 9.89. The summed E-state index contributed by atoms with van der Waals surface area (Å²) in [6.07, 6.45) is 4.54. The minimum Gasteiger partial charge on any atom is -0.289 e. The monoisotopic (exact) mass is 548 g/mol. The molecule has 0 fully saturated rings. The maximum atomic E-state index is 12.3. The van der Waals surface area contributed by atoms with Crippen LogP contribution in [0.3, 0.4) is 0 Å². The summed E-state index contributed by atoms with van der Waals surface area (Å²) in [5.41, 5.74) is 10.6. The Kier molecular flexibility index (Phi) is 5.91. The van der Waals surface area contributed by atoms with Crippen LogP contribution in [0, 0.1) is 0 Å². The molecule has 0 unspecified atom stereocenters. The van der Waals surface area contributed by atoms with Crippen LogP contribution in [0.5, 0.6) is 0 Å². The van der Waals surface area contributed by atoms with E-state index in [0.29, 0.717) is 0 Å². The lowest BCUT2D eigenvalue weighted by atomic mass is 9.66. The smallest absolute Gasteiger partial charge is 0.194 e. The molecule has 43 heavy (non-hydrogen) atoms. The van der Waals surface area contributed by atoms with Gasteiger partial charge in [-0.25, -0.2) is 0 Å². The molecular formula is C42H28O. The molecule has 7 aromatic carbocycles. The second-order valence-electron chi connectivity index (χ2n) is 11.2. The van der Waals surface area contributed by atoms with Gasteiger partial charge in [-0.1, -0.05) is 170 Å². The molecule has 0 amide bonds. The zero-order valence-corrected chi connectivity index (χ0v) is 23.6. The van der Waals surface area contributed by atoms with Gasteiger partial charge >= 0.3 is 0 Å². The third kappa shape index (κ3) is 3.82. The Morgan fingerprint density at radius 3 is 1.21 bits per heavy atom. The van der Waals surface area contributed by atoms with E-state index in [-0.39, 0.29) is 10.8 Å². The minimum absolute atomic E-state index is 0.108. The molecule has 7 aromatic rings.